The van der Waals surface area contributed by atoms with Gasteiger partial charge in [-0.15, -0.1) is 0 Å². The molecule has 2 aromatic rings. The average Bonchev–Trinajstić information content (AvgIpc) is 2.47. The number of nitrogens with zero attached hydrogens (tertiary/aromatic N) is 1. The molecular formula is C17H23NO. The molecule has 0 saturated carbocycles. The first-order chi connectivity index (χ1) is 9.19. The summed E-state index contributed by atoms with van der Waals surface area (Å²) in [5, 5.41) is 13.0. The molecule has 0 spiro atoms. The van der Waals surface area contributed by atoms with Crippen molar-refractivity contribution in [2.75, 3.05) is 13.1 Å². The van der Waals surface area contributed by atoms with E-state index in [1.165, 1.54) is 5.39 Å². The van der Waals surface area contributed by atoms with Gasteiger partial charge in [0.05, 0.1) is 6.10 Å². The Morgan fingerprint density at radius 1 is 1.00 bits per heavy atom. The Morgan fingerprint density at radius 2 is 1.63 bits per heavy atom. The Labute approximate surface area is 115 Å². The van der Waals surface area contributed by atoms with Crippen molar-refractivity contribution < 1.29 is 5.11 Å². The summed E-state index contributed by atoms with van der Waals surface area (Å²) in [5.74, 6) is 0. The number of rotatable bonds is 5. The Bertz CT molecular complexity index is 528. The lowest BCUT2D eigenvalue weighted by Crippen LogP contribution is -2.37. The van der Waals surface area contributed by atoms with Crippen molar-refractivity contribution in [2.24, 2.45) is 0 Å². The quantitative estimate of drug-likeness (QED) is 0.884. The van der Waals surface area contributed by atoms with Crippen molar-refractivity contribution in [3.63, 3.8) is 0 Å². The van der Waals surface area contributed by atoms with Gasteiger partial charge >= 0.3 is 0 Å². The maximum absolute atomic E-state index is 10.7. The van der Waals surface area contributed by atoms with E-state index in [1.807, 2.05) is 24.3 Å². The fourth-order valence-corrected chi connectivity index (χ4v) is 2.77. The molecular weight excluding hydrogens is 234 g/mol. The lowest BCUT2D eigenvalue weighted by Gasteiger charge is -2.31. The van der Waals surface area contributed by atoms with Gasteiger partial charge in [0.2, 0.25) is 0 Å². The third kappa shape index (κ3) is 2.80. The van der Waals surface area contributed by atoms with Crippen LogP contribution in [0.25, 0.3) is 10.8 Å². The number of aliphatic hydroxyl groups is 1. The molecule has 0 aliphatic heterocycles. The molecule has 0 aliphatic carbocycles. The van der Waals surface area contributed by atoms with Crippen molar-refractivity contribution in [1.82, 2.24) is 4.90 Å². The summed E-state index contributed by atoms with van der Waals surface area (Å²) in [6.07, 6.45) is -0.453. The molecule has 2 nitrogen and oxygen atoms in total. The van der Waals surface area contributed by atoms with E-state index >= 15 is 0 Å². The van der Waals surface area contributed by atoms with Crippen LogP contribution in [0.5, 0.6) is 0 Å². The summed E-state index contributed by atoms with van der Waals surface area (Å²) in [4.78, 5) is 2.28. The van der Waals surface area contributed by atoms with E-state index < -0.39 is 6.10 Å². The highest BCUT2D eigenvalue weighted by molar-refractivity contribution is 5.86. The SMILES string of the molecule is CCN(CC)[C@H](C)[C@H](O)c1cccc2ccccc12. The predicted octanol–water partition coefficient (Wildman–Crippen LogP) is 3.60. The van der Waals surface area contributed by atoms with E-state index in [4.69, 9.17) is 0 Å². The Hall–Kier alpha value is -1.38. The molecule has 0 radical (unpaired) electrons. The van der Waals surface area contributed by atoms with E-state index in [2.05, 4.69) is 43.9 Å². The molecule has 2 atom stereocenters. The van der Waals surface area contributed by atoms with E-state index in [0.717, 1.165) is 24.0 Å². The van der Waals surface area contributed by atoms with Gasteiger partial charge in [-0.25, -0.2) is 0 Å². The molecule has 2 rings (SSSR count). The summed E-state index contributed by atoms with van der Waals surface area (Å²) in [7, 11) is 0. The van der Waals surface area contributed by atoms with Crippen LogP contribution in [0.2, 0.25) is 0 Å². The number of likely N-dealkylation sites (N-methyl/N-ethyl adjacent to an activating group) is 1. The van der Waals surface area contributed by atoms with E-state index in [1.54, 1.807) is 0 Å². The molecule has 0 saturated heterocycles. The highest BCUT2D eigenvalue weighted by Gasteiger charge is 2.22. The van der Waals surface area contributed by atoms with Crippen molar-refractivity contribution in [3.8, 4) is 0 Å². The molecule has 0 fully saturated rings. The second-order valence-electron chi connectivity index (χ2n) is 4.98. The van der Waals surface area contributed by atoms with E-state index in [0.29, 0.717) is 0 Å². The van der Waals surface area contributed by atoms with Crippen molar-refractivity contribution >= 4 is 10.8 Å². The number of hydrogen-bond donors (Lipinski definition) is 1. The van der Waals surface area contributed by atoms with Gasteiger partial charge in [0.15, 0.2) is 0 Å². The zero-order valence-corrected chi connectivity index (χ0v) is 12.0. The van der Waals surface area contributed by atoms with Crippen LogP contribution in [0.15, 0.2) is 42.5 Å². The van der Waals surface area contributed by atoms with Crippen LogP contribution in [-0.4, -0.2) is 29.1 Å². The van der Waals surface area contributed by atoms with Crippen LogP contribution >= 0.6 is 0 Å². The summed E-state index contributed by atoms with van der Waals surface area (Å²) in [5.41, 5.74) is 1.03. The number of hydrogen-bond acceptors (Lipinski definition) is 2. The van der Waals surface area contributed by atoms with Crippen LogP contribution in [0, 0.1) is 0 Å². The number of aliphatic hydroxyl groups excluding tert-OH is 1. The molecule has 0 heterocycles. The van der Waals surface area contributed by atoms with E-state index in [9.17, 15) is 5.11 Å². The van der Waals surface area contributed by atoms with Gasteiger partial charge in [0, 0.05) is 6.04 Å². The first kappa shape index (κ1) is 14.0. The van der Waals surface area contributed by atoms with Crippen LogP contribution in [-0.2, 0) is 0 Å². The number of benzene rings is 2. The summed E-state index contributed by atoms with van der Waals surface area (Å²) in [6, 6.07) is 14.5. The molecule has 1 N–H and O–H groups in total. The normalized spacial score (nSPS) is 14.8. The predicted molar refractivity (Wildman–Crippen MR) is 81.3 cm³/mol. The van der Waals surface area contributed by atoms with Crippen LogP contribution in [0.1, 0.15) is 32.4 Å². The van der Waals surface area contributed by atoms with Gasteiger partial charge in [-0.2, -0.15) is 0 Å². The first-order valence-corrected chi connectivity index (χ1v) is 7.08. The average molecular weight is 257 g/mol. The van der Waals surface area contributed by atoms with Gasteiger partial charge in [-0.3, -0.25) is 4.90 Å². The zero-order valence-electron chi connectivity index (χ0n) is 12.0. The van der Waals surface area contributed by atoms with Gasteiger partial charge in [0.1, 0.15) is 0 Å². The Balaban J connectivity index is 2.38. The van der Waals surface area contributed by atoms with E-state index in [-0.39, 0.29) is 6.04 Å². The second kappa shape index (κ2) is 6.18. The molecule has 0 unspecified atom stereocenters. The summed E-state index contributed by atoms with van der Waals surface area (Å²) in [6.45, 7) is 8.28. The van der Waals surface area contributed by atoms with Crippen LogP contribution in [0.4, 0.5) is 0 Å². The Morgan fingerprint density at radius 3 is 2.32 bits per heavy atom. The van der Waals surface area contributed by atoms with Gasteiger partial charge in [0.25, 0.3) is 0 Å². The monoisotopic (exact) mass is 257 g/mol. The fourth-order valence-electron chi connectivity index (χ4n) is 2.77. The smallest absolute Gasteiger partial charge is 0.0948 e. The topological polar surface area (TPSA) is 23.5 Å². The minimum absolute atomic E-state index is 0.126. The maximum Gasteiger partial charge on any atom is 0.0948 e. The molecule has 0 aliphatic rings. The van der Waals surface area contributed by atoms with Crippen molar-refractivity contribution in [2.45, 2.75) is 32.9 Å². The molecule has 102 valence electrons. The largest absolute Gasteiger partial charge is 0.387 e. The second-order valence-corrected chi connectivity index (χ2v) is 4.98. The highest BCUT2D eigenvalue weighted by Crippen LogP contribution is 2.28. The third-order valence-electron chi connectivity index (χ3n) is 3.99. The summed E-state index contributed by atoms with van der Waals surface area (Å²) >= 11 is 0. The molecule has 19 heavy (non-hydrogen) atoms. The maximum atomic E-state index is 10.7. The lowest BCUT2D eigenvalue weighted by atomic mass is 9.96. The zero-order chi connectivity index (χ0) is 13.8. The van der Waals surface area contributed by atoms with Crippen molar-refractivity contribution in [3.05, 3.63) is 48.0 Å². The minimum Gasteiger partial charge on any atom is -0.387 e. The van der Waals surface area contributed by atoms with Gasteiger partial charge in [-0.05, 0) is 36.3 Å². The molecule has 0 amide bonds. The van der Waals surface area contributed by atoms with Gasteiger partial charge in [-0.1, -0.05) is 56.3 Å². The van der Waals surface area contributed by atoms with Gasteiger partial charge < -0.3 is 5.11 Å². The summed E-state index contributed by atoms with van der Waals surface area (Å²) < 4.78 is 0. The third-order valence-corrected chi connectivity index (χ3v) is 3.99. The van der Waals surface area contributed by atoms with Crippen LogP contribution in [0.3, 0.4) is 0 Å². The standard InChI is InChI=1S/C17H23NO/c1-4-18(5-2)13(3)17(19)16-12-8-10-14-9-6-7-11-15(14)16/h6-13,17,19H,4-5H2,1-3H3/t13-,17+/m1/s1. The minimum atomic E-state index is -0.453. The molecule has 0 bridgehead atoms. The number of fused-ring (bicyclic) bond motifs is 1. The lowest BCUT2D eigenvalue weighted by molar-refractivity contribution is 0.0648. The first-order valence-electron chi connectivity index (χ1n) is 7.08. The van der Waals surface area contributed by atoms with Crippen LogP contribution < -0.4 is 0 Å². The molecule has 0 aromatic heterocycles. The Kier molecular flexibility index (Phi) is 4.56. The molecule has 2 aromatic carbocycles. The fraction of sp³-hybridized carbons (Fsp3) is 0.412. The highest BCUT2D eigenvalue weighted by atomic mass is 16.3. The molecule has 2 heteroatoms. The van der Waals surface area contributed by atoms with Crippen molar-refractivity contribution in [1.29, 1.82) is 0 Å².